The second kappa shape index (κ2) is 9.94. The molecule has 4 rings (SSSR count). The van der Waals surface area contributed by atoms with Crippen LogP contribution in [0.5, 0.6) is 5.75 Å². The molecule has 0 aliphatic carbocycles. The molecule has 1 aromatic carbocycles. The molecule has 2 aromatic rings. The van der Waals surface area contributed by atoms with Crippen LogP contribution < -0.4 is 10.5 Å². The molecule has 0 radical (unpaired) electrons. The van der Waals surface area contributed by atoms with Crippen LogP contribution in [0.3, 0.4) is 0 Å². The number of likely N-dealkylation sites (tertiary alicyclic amines) is 1. The summed E-state index contributed by atoms with van der Waals surface area (Å²) in [6, 6.07) is 7.22. The van der Waals surface area contributed by atoms with Gasteiger partial charge in [-0.25, -0.2) is 9.97 Å². The van der Waals surface area contributed by atoms with Gasteiger partial charge in [-0.15, -0.1) is 0 Å². The fourth-order valence-electron chi connectivity index (χ4n) is 4.87. The molecule has 1 aromatic heterocycles. The van der Waals surface area contributed by atoms with Gasteiger partial charge in [-0.3, -0.25) is 9.59 Å². The molecule has 1 saturated heterocycles. The summed E-state index contributed by atoms with van der Waals surface area (Å²) in [7, 11) is 1.71. The fraction of sp³-hybridized carbons (Fsp3) is 0.500. The van der Waals surface area contributed by atoms with Crippen molar-refractivity contribution < 1.29 is 24.5 Å². The summed E-state index contributed by atoms with van der Waals surface area (Å²) >= 11 is 0. The van der Waals surface area contributed by atoms with Gasteiger partial charge in [-0.05, 0) is 36.3 Å². The van der Waals surface area contributed by atoms with Gasteiger partial charge < -0.3 is 30.5 Å². The van der Waals surface area contributed by atoms with Gasteiger partial charge in [0.25, 0.3) is 11.8 Å². The Bertz CT molecular complexity index is 1040. The van der Waals surface area contributed by atoms with Crippen LogP contribution in [0.15, 0.2) is 36.7 Å². The number of nitrogens with zero attached hydrogens (tertiary/aromatic N) is 4. The van der Waals surface area contributed by atoms with E-state index in [1.54, 1.807) is 29.0 Å². The van der Waals surface area contributed by atoms with E-state index >= 15 is 0 Å². The number of anilines is 1. The maximum Gasteiger partial charge on any atom is 0.276 e. The number of amides is 2. The SMILES string of the molecule is CN1CC2(CCN(C(=O)c3nccnc3N)CC2)C[C@@H](O)[C@@H](O)Cc2ccccc2OCC1=O. The first kappa shape index (κ1) is 23.9. The largest absolute Gasteiger partial charge is 0.483 e. The van der Waals surface area contributed by atoms with Crippen molar-refractivity contribution in [2.45, 2.75) is 37.9 Å². The number of para-hydroxylation sites is 1. The van der Waals surface area contributed by atoms with Crippen molar-refractivity contribution in [1.82, 2.24) is 19.8 Å². The molecule has 1 fully saturated rings. The molecule has 10 nitrogen and oxygen atoms in total. The number of ether oxygens (including phenoxy) is 1. The zero-order valence-corrected chi connectivity index (χ0v) is 19.3. The van der Waals surface area contributed by atoms with Crippen LogP contribution in [-0.4, -0.2) is 87.3 Å². The number of benzene rings is 1. The van der Waals surface area contributed by atoms with Gasteiger partial charge >= 0.3 is 0 Å². The second-order valence-corrected chi connectivity index (χ2v) is 9.27. The van der Waals surface area contributed by atoms with Gasteiger partial charge in [0.1, 0.15) is 5.75 Å². The molecule has 0 saturated carbocycles. The summed E-state index contributed by atoms with van der Waals surface area (Å²) in [6.07, 6.45) is 2.52. The number of rotatable bonds is 1. The van der Waals surface area contributed by atoms with Crippen molar-refractivity contribution in [3.8, 4) is 5.75 Å². The topological polar surface area (TPSA) is 142 Å². The summed E-state index contributed by atoms with van der Waals surface area (Å²) in [4.78, 5) is 37.0. The first-order valence-electron chi connectivity index (χ1n) is 11.4. The van der Waals surface area contributed by atoms with Gasteiger partial charge in [-0.1, -0.05) is 18.2 Å². The quantitative estimate of drug-likeness (QED) is 0.548. The predicted molar refractivity (Wildman–Crippen MR) is 124 cm³/mol. The first-order valence-corrected chi connectivity index (χ1v) is 11.4. The lowest BCUT2D eigenvalue weighted by molar-refractivity contribution is -0.135. The number of carbonyl (C=O) groups is 2. The zero-order valence-electron chi connectivity index (χ0n) is 19.3. The number of hydrogen-bond acceptors (Lipinski definition) is 8. The molecular weight excluding hydrogens is 438 g/mol. The highest BCUT2D eigenvalue weighted by molar-refractivity contribution is 5.96. The van der Waals surface area contributed by atoms with Crippen molar-refractivity contribution in [1.29, 1.82) is 0 Å². The molecule has 0 bridgehead atoms. The number of aliphatic hydroxyl groups is 2. The van der Waals surface area contributed by atoms with Crippen LogP contribution >= 0.6 is 0 Å². The third-order valence-corrected chi connectivity index (χ3v) is 6.88. The molecule has 34 heavy (non-hydrogen) atoms. The summed E-state index contributed by atoms with van der Waals surface area (Å²) in [6.45, 7) is 1.10. The number of carbonyl (C=O) groups excluding carboxylic acids is 2. The fourth-order valence-corrected chi connectivity index (χ4v) is 4.87. The molecule has 2 atom stereocenters. The maximum absolute atomic E-state index is 12.9. The number of hydrogen-bond donors (Lipinski definition) is 3. The molecule has 182 valence electrons. The predicted octanol–water partition coefficient (Wildman–Crippen LogP) is 0.487. The minimum Gasteiger partial charge on any atom is -0.483 e. The third-order valence-electron chi connectivity index (χ3n) is 6.88. The number of piperidine rings is 1. The van der Waals surface area contributed by atoms with E-state index in [-0.39, 0.29) is 36.4 Å². The Morgan fingerprint density at radius 1 is 1.15 bits per heavy atom. The second-order valence-electron chi connectivity index (χ2n) is 9.27. The van der Waals surface area contributed by atoms with Crippen LogP contribution in [0.2, 0.25) is 0 Å². The summed E-state index contributed by atoms with van der Waals surface area (Å²) in [5.74, 6) is 0.156. The smallest absolute Gasteiger partial charge is 0.276 e. The lowest BCUT2D eigenvalue weighted by atomic mass is 9.72. The van der Waals surface area contributed by atoms with E-state index in [4.69, 9.17) is 10.5 Å². The van der Waals surface area contributed by atoms with Crippen LogP contribution in [0, 0.1) is 5.41 Å². The monoisotopic (exact) mass is 469 g/mol. The van der Waals surface area contributed by atoms with E-state index in [1.807, 2.05) is 12.1 Å². The van der Waals surface area contributed by atoms with Gasteiger partial charge in [0.15, 0.2) is 18.1 Å². The first-order chi connectivity index (χ1) is 16.3. The average Bonchev–Trinajstić information content (AvgIpc) is 2.83. The van der Waals surface area contributed by atoms with Crippen LogP contribution in [0.1, 0.15) is 35.3 Å². The average molecular weight is 470 g/mol. The highest BCUT2D eigenvalue weighted by atomic mass is 16.5. The van der Waals surface area contributed by atoms with Gasteiger partial charge in [0.05, 0.1) is 12.2 Å². The molecule has 10 heteroatoms. The molecule has 4 N–H and O–H groups in total. The molecule has 2 aliphatic rings. The molecule has 2 aliphatic heterocycles. The minimum absolute atomic E-state index is 0.0861. The number of likely N-dealkylation sites (N-methyl/N-ethyl adjacent to an activating group) is 1. The zero-order chi connectivity index (χ0) is 24.3. The lowest BCUT2D eigenvalue weighted by Crippen LogP contribution is -2.51. The van der Waals surface area contributed by atoms with E-state index in [2.05, 4.69) is 9.97 Å². The molecule has 2 amide bonds. The maximum atomic E-state index is 12.9. The third kappa shape index (κ3) is 5.13. The Morgan fingerprint density at radius 3 is 2.59 bits per heavy atom. The van der Waals surface area contributed by atoms with E-state index in [0.29, 0.717) is 44.6 Å². The normalized spacial score (nSPS) is 23.4. The number of nitrogens with two attached hydrogens (primary N) is 1. The highest BCUT2D eigenvalue weighted by Gasteiger charge is 2.41. The Balaban J connectivity index is 1.53. The van der Waals surface area contributed by atoms with Crippen molar-refractivity contribution >= 4 is 17.6 Å². The van der Waals surface area contributed by atoms with E-state index in [9.17, 15) is 19.8 Å². The van der Waals surface area contributed by atoms with Gasteiger partial charge in [0, 0.05) is 45.5 Å². The molecule has 1 spiro atoms. The lowest BCUT2D eigenvalue weighted by Gasteiger charge is -2.45. The molecular formula is C24H31N5O5. The Kier molecular flexibility index (Phi) is 6.99. The minimum atomic E-state index is -0.992. The Morgan fingerprint density at radius 2 is 1.85 bits per heavy atom. The van der Waals surface area contributed by atoms with Crippen LogP contribution in [0.4, 0.5) is 5.82 Å². The molecule has 0 unspecified atom stereocenters. The number of aliphatic hydroxyl groups excluding tert-OH is 2. The van der Waals surface area contributed by atoms with E-state index < -0.39 is 17.6 Å². The van der Waals surface area contributed by atoms with Crippen molar-refractivity contribution in [2.75, 3.05) is 39.0 Å². The van der Waals surface area contributed by atoms with Crippen LogP contribution in [0.25, 0.3) is 0 Å². The summed E-state index contributed by atoms with van der Waals surface area (Å²) in [5.41, 5.74) is 6.22. The van der Waals surface area contributed by atoms with Crippen molar-refractivity contribution in [2.24, 2.45) is 5.41 Å². The van der Waals surface area contributed by atoms with E-state index in [1.165, 1.54) is 12.4 Å². The van der Waals surface area contributed by atoms with Crippen LogP contribution in [-0.2, 0) is 11.2 Å². The number of nitrogen functional groups attached to an aromatic ring is 1. The van der Waals surface area contributed by atoms with Crippen molar-refractivity contribution in [3.63, 3.8) is 0 Å². The Hall–Kier alpha value is -3.24. The van der Waals surface area contributed by atoms with Gasteiger partial charge in [-0.2, -0.15) is 0 Å². The van der Waals surface area contributed by atoms with E-state index in [0.717, 1.165) is 5.56 Å². The van der Waals surface area contributed by atoms with Crippen molar-refractivity contribution in [3.05, 3.63) is 47.9 Å². The highest BCUT2D eigenvalue weighted by Crippen LogP contribution is 2.39. The molecule has 3 heterocycles. The number of aromatic nitrogens is 2. The summed E-state index contributed by atoms with van der Waals surface area (Å²) < 4.78 is 5.75. The van der Waals surface area contributed by atoms with Gasteiger partial charge in [0.2, 0.25) is 0 Å². The Labute approximate surface area is 198 Å². The summed E-state index contributed by atoms with van der Waals surface area (Å²) in [5, 5.41) is 21.7. The number of fused-ring (bicyclic) bond motifs is 1. The standard InChI is InChI=1S/C24H31N5O5/c1-28-15-24(6-10-29(11-7-24)23(33)21-22(25)27-9-8-26-21)13-18(31)17(30)12-16-4-2-3-5-19(16)34-14-20(28)32/h2-5,8-9,17-18,30-31H,6-7,10-15H2,1H3,(H2,25,27)/t17-,18+/m0/s1.